The first kappa shape index (κ1) is 20.3. The Morgan fingerprint density at radius 2 is 2.29 bits per heavy atom. The number of amides is 2. The molecule has 0 bridgehead atoms. The Labute approximate surface area is 169 Å². The number of halogens is 2. The van der Waals surface area contributed by atoms with E-state index in [0.29, 0.717) is 11.3 Å². The van der Waals surface area contributed by atoms with Crippen molar-refractivity contribution in [2.75, 3.05) is 24.2 Å². The van der Waals surface area contributed by atoms with Gasteiger partial charge in [-0.1, -0.05) is 5.16 Å². The summed E-state index contributed by atoms with van der Waals surface area (Å²) >= 11 is 7.80. The van der Waals surface area contributed by atoms with E-state index in [4.69, 9.17) is 17.3 Å². The summed E-state index contributed by atoms with van der Waals surface area (Å²) in [4.78, 5) is 45.6. The van der Waals surface area contributed by atoms with Crippen LogP contribution in [0.15, 0.2) is 16.4 Å². The highest BCUT2D eigenvalue weighted by molar-refractivity contribution is 8.00. The number of carboxylic acid groups (broad SMARTS) is 1. The van der Waals surface area contributed by atoms with E-state index < -0.39 is 41.8 Å². The van der Waals surface area contributed by atoms with Gasteiger partial charge in [0, 0.05) is 23.2 Å². The summed E-state index contributed by atoms with van der Waals surface area (Å²) in [5, 5.41) is 14.6. The van der Waals surface area contributed by atoms with Crippen LogP contribution >= 0.6 is 34.9 Å². The number of carbonyl (C=O) groups excluding carboxylic acids is 2. The van der Waals surface area contributed by atoms with Gasteiger partial charge in [0.25, 0.3) is 18.7 Å². The monoisotopic (exact) mass is 450 g/mol. The zero-order valence-corrected chi connectivity index (χ0v) is 16.2. The fourth-order valence-electron chi connectivity index (χ4n) is 2.60. The highest BCUT2D eigenvalue weighted by Gasteiger charge is 2.54. The molecular weight excluding hydrogens is 439 g/mol. The number of β-lactam (4-membered cyclic amide) rings is 1. The van der Waals surface area contributed by atoms with Crippen LogP contribution in [-0.4, -0.2) is 72.8 Å². The molecule has 1 aromatic rings. The van der Waals surface area contributed by atoms with E-state index in [1.165, 1.54) is 11.8 Å². The second-order valence-electron chi connectivity index (χ2n) is 5.39. The number of aromatic nitrogens is 2. The molecule has 1 aromatic heterocycles. The molecule has 150 valence electrons. The third-order valence-electron chi connectivity index (χ3n) is 3.77. The standard InChI is InChI=1S/C13H12ClFN6O5S2/c14-1-4-2-27-11-6(10(23)21(11)7(4)12(24)25)17-9(22)5(19-26-3-15)8-18-13(16)28-20-8/h6,11H,1-3H2,(H,17,22)(H,24,25)(H2,16,18,20)/b19-5-/t6-,11-/m1/s1. The van der Waals surface area contributed by atoms with Crippen molar-refractivity contribution in [1.29, 1.82) is 0 Å². The second-order valence-corrected chi connectivity index (χ2v) is 7.54. The summed E-state index contributed by atoms with van der Waals surface area (Å²) in [5.41, 5.74) is 5.23. The SMILES string of the molecule is Nc1nc(/C(=N/OCF)C(=O)N[C@@H]2C(=O)N3C(C(=O)O)=C(CCl)CS[C@H]23)ns1. The molecule has 0 radical (unpaired) electrons. The second kappa shape index (κ2) is 8.28. The number of carbonyl (C=O) groups is 3. The predicted molar refractivity (Wildman–Crippen MR) is 98.3 cm³/mol. The minimum atomic E-state index is -1.29. The third-order valence-corrected chi connectivity index (χ3v) is 5.98. The van der Waals surface area contributed by atoms with Crippen molar-refractivity contribution in [2.24, 2.45) is 5.16 Å². The number of anilines is 1. The van der Waals surface area contributed by atoms with Crippen molar-refractivity contribution >= 4 is 63.5 Å². The molecule has 4 N–H and O–H groups in total. The summed E-state index contributed by atoms with van der Waals surface area (Å²) in [7, 11) is 0. The molecule has 0 saturated carbocycles. The van der Waals surface area contributed by atoms with Gasteiger partial charge in [0.15, 0.2) is 5.13 Å². The van der Waals surface area contributed by atoms with Crippen molar-refractivity contribution in [1.82, 2.24) is 19.6 Å². The first-order chi connectivity index (χ1) is 13.4. The molecule has 2 atom stereocenters. The van der Waals surface area contributed by atoms with Gasteiger partial charge in [-0.2, -0.15) is 9.36 Å². The predicted octanol–water partition coefficient (Wildman–Crippen LogP) is -0.255. The number of nitrogen functional groups attached to an aromatic ring is 1. The topological polar surface area (TPSA) is 160 Å². The average molecular weight is 451 g/mol. The zero-order chi connectivity index (χ0) is 20.4. The highest BCUT2D eigenvalue weighted by Crippen LogP contribution is 2.40. The van der Waals surface area contributed by atoms with Gasteiger partial charge in [0.1, 0.15) is 17.1 Å². The number of hydrogen-bond donors (Lipinski definition) is 3. The summed E-state index contributed by atoms with van der Waals surface area (Å²) in [5.74, 6) is -2.72. The molecule has 3 heterocycles. The number of nitrogens with zero attached hydrogens (tertiary/aromatic N) is 4. The Kier molecular flexibility index (Phi) is 6.00. The number of hydrogen-bond acceptors (Lipinski definition) is 10. The molecule has 1 saturated heterocycles. The van der Waals surface area contributed by atoms with Crippen LogP contribution in [0.1, 0.15) is 5.82 Å². The minimum Gasteiger partial charge on any atom is -0.477 e. The van der Waals surface area contributed by atoms with Gasteiger partial charge in [-0.3, -0.25) is 14.5 Å². The van der Waals surface area contributed by atoms with Crippen molar-refractivity contribution in [3.63, 3.8) is 0 Å². The highest BCUT2D eigenvalue weighted by atomic mass is 35.5. The van der Waals surface area contributed by atoms with Crippen LogP contribution in [-0.2, 0) is 19.2 Å². The van der Waals surface area contributed by atoms with Crippen LogP contribution < -0.4 is 11.1 Å². The van der Waals surface area contributed by atoms with Gasteiger partial charge in [0.05, 0.1) is 0 Å². The largest absolute Gasteiger partial charge is 0.477 e. The quantitative estimate of drug-likeness (QED) is 0.220. The molecule has 0 unspecified atom stereocenters. The van der Waals surface area contributed by atoms with Gasteiger partial charge in [-0.05, 0) is 5.57 Å². The Morgan fingerprint density at radius 3 is 2.86 bits per heavy atom. The van der Waals surface area contributed by atoms with Crippen molar-refractivity contribution < 1.29 is 28.7 Å². The first-order valence-corrected chi connectivity index (χ1v) is 9.87. The van der Waals surface area contributed by atoms with Crippen molar-refractivity contribution in [2.45, 2.75) is 11.4 Å². The lowest BCUT2D eigenvalue weighted by Crippen LogP contribution is -2.71. The van der Waals surface area contributed by atoms with E-state index in [-0.39, 0.29) is 22.5 Å². The third kappa shape index (κ3) is 3.62. The lowest BCUT2D eigenvalue weighted by atomic mass is 10.0. The lowest BCUT2D eigenvalue weighted by Gasteiger charge is -2.49. The van der Waals surface area contributed by atoms with Crippen LogP contribution in [0.2, 0.25) is 0 Å². The van der Waals surface area contributed by atoms with Gasteiger partial charge in [-0.25, -0.2) is 9.18 Å². The fourth-order valence-corrected chi connectivity index (χ4v) is 4.71. The summed E-state index contributed by atoms with van der Waals surface area (Å²) in [6.07, 6.45) is 0. The smallest absolute Gasteiger partial charge is 0.352 e. The molecule has 11 nitrogen and oxygen atoms in total. The maximum Gasteiger partial charge on any atom is 0.352 e. The molecule has 15 heteroatoms. The van der Waals surface area contributed by atoms with Gasteiger partial charge < -0.3 is 21.0 Å². The first-order valence-electron chi connectivity index (χ1n) is 7.51. The molecule has 2 aliphatic rings. The fraction of sp³-hybridized carbons (Fsp3) is 0.385. The maximum absolute atomic E-state index is 12.5. The molecule has 1 fully saturated rings. The van der Waals surface area contributed by atoms with Crippen LogP contribution in [0.25, 0.3) is 0 Å². The zero-order valence-electron chi connectivity index (χ0n) is 13.8. The van der Waals surface area contributed by atoms with E-state index in [9.17, 15) is 23.9 Å². The van der Waals surface area contributed by atoms with E-state index >= 15 is 0 Å². The van der Waals surface area contributed by atoms with Crippen LogP contribution in [0.3, 0.4) is 0 Å². The summed E-state index contributed by atoms with van der Waals surface area (Å²) in [6, 6.07) is -1.02. The van der Waals surface area contributed by atoms with E-state index in [2.05, 4.69) is 24.7 Å². The van der Waals surface area contributed by atoms with E-state index in [1.807, 2.05) is 0 Å². The summed E-state index contributed by atoms with van der Waals surface area (Å²) < 4.78 is 16.1. The van der Waals surface area contributed by atoms with E-state index in [1.54, 1.807) is 0 Å². The number of nitrogens with two attached hydrogens (primary N) is 1. The van der Waals surface area contributed by atoms with Crippen LogP contribution in [0.4, 0.5) is 9.52 Å². The van der Waals surface area contributed by atoms with Gasteiger partial charge in [0.2, 0.25) is 11.5 Å². The Morgan fingerprint density at radius 1 is 1.54 bits per heavy atom. The molecule has 0 spiro atoms. The lowest BCUT2D eigenvalue weighted by molar-refractivity contribution is -0.150. The Balaban J connectivity index is 1.79. The molecule has 3 rings (SSSR count). The molecule has 28 heavy (non-hydrogen) atoms. The van der Waals surface area contributed by atoms with Crippen molar-refractivity contribution in [3.05, 3.63) is 17.1 Å². The molecular formula is C13H12ClFN6O5S2. The normalized spacial score (nSPS) is 21.9. The molecule has 0 aliphatic carbocycles. The molecule has 0 aromatic carbocycles. The Hall–Kier alpha value is -2.45. The summed E-state index contributed by atoms with van der Waals surface area (Å²) in [6.45, 7) is -1.29. The number of nitrogens with one attached hydrogen (secondary N) is 1. The van der Waals surface area contributed by atoms with E-state index in [0.717, 1.165) is 16.4 Å². The number of oxime groups is 1. The Bertz CT molecular complexity index is 893. The number of carboxylic acids is 1. The number of fused-ring (bicyclic) bond motifs is 1. The molecule has 2 aliphatic heterocycles. The number of aliphatic carboxylic acids is 1. The average Bonchev–Trinajstić information content (AvgIpc) is 3.10. The number of alkyl halides is 2. The van der Waals surface area contributed by atoms with Crippen LogP contribution in [0.5, 0.6) is 0 Å². The van der Waals surface area contributed by atoms with Crippen molar-refractivity contribution in [3.8, 4) is 0 Å². The number of thioether (sulfide) groups is 1. The van der Waals surface area contributed by atoms with Gasteiger partial charge in [-0.15, -0.1) is 23.4 Å². The minimum absolute atomic E-state index is 0.0313. The van der Waals surface area contributed by atoms with Gasteiger partial charge >= 0.3 is 5.97 Å². The number of rotatable bonds is 7. The molecule has 2 amide bonds. The maximum atomic E-state index is 12.5. The van der Waals surface area contributed by atoms with Crippen LogP contribution in [0, 0.1) is 0 Å².